The average Bonchev–Trinajstić information content (AvgIpc) is 2.65. The maximum Gasteiger partial charge on any atom is 0.222 e. The van der Waals surface area contributed by atoms with E-state index < -0.39 is 0 Å². The SMILES string of the molecule is CC(=O)N[C@@H](CC(=O)NC[C@H](Cc1ccccc1)C(C)C)c1ccccc1. The first kappa shape index (κ1) is 20.7. The molecule has 2 aromatic carbocycles. The van der Waals surface area contributed by atoms with Crippen molar-refractivity contribution in [2.45, 2.75) is 39.7 Å². The first-order chi connectivity index (χ1) is 13.0. The van der Waals surface area contributed by atoms with Gasteiger partial charge in [0.15, 0.2) is 0 Å². The second-order valence-electron chi connectivity index (χ2n) is 7.37. The van der Waals surface area contributed by atoms with Crippen LogP contribution in [0, 0.1) is 11.8 Å². The van der Waals surface area contributed by atoms with Gasteiger partial charge in [-0.05, 0) is 29.4 Å². The van der Waals surface area contributed by atoms with Gasteiger partial charge >= 0.3 is 0 Å². The van der Waals surface area contributed by atoms with Crippen molar-refractivity contribution in [3.8, 4) is 0 Å². The monoisotopic (exact) mass is 366 g/mol. The standard InChI is InChI=1S/C23H30N2O2/c1-17(2)21(14-19-10-6-4-7-11-19)16-24-23(27)15-22(25-18(3)26)20-12-8-5-9-13-20/h4-13,17,21-22H,14-16H2,1-3H3,(H,24,27)(H,25,26)/t21-,22-/m0/s1. The molecule has 144 valence electrons. The van der Waals surface area contributed by atoms with Crippen LogP contribution in [0.4, 0.5) is 0 Å². The number of carbonyl (C=O) groups is 2. The summed E-state index contributed by atoms with van der Waals surface area (Å²) in [7, 11) is 0. The third-order valence-electron chi connectivity index (χ3n) is 4.81. The van der Waals surface area contributed by atoms with E-state index in [1.54, 1.807) is 0 Å². The number of rotatable bonds is 9. The van der Waals surface area contributed by atoms with Gasteiger partial charge < -0.3 is 10.6 Å². The number of hydrogen-bond acceptors (Lipinski definition) is 2. The third-order valence-corrected chi connectivity index (χ3v) is 4.81. The molecule has 0 unspecified atom stereocenters. The molecule has 0 aliphatic heterocycles. The summed E-state index contributed by atoms with van der Waals surface area (Å²) in [6, 6.07) is 19.7. The normalized spacial score (nSPS) is 13.0. The Balaban J connectivity index is 1.94. The third kappa shape index (κ3) is 7.26. The quantitative estimate of drug-likeness (QED) is 0.707. The highest BCUT2D eigenvalue weighted by Gasteiger charge is 2.19. The molecule has 0 saturated carbocycles. The van der Waals surface area contributed by atoms with E-state index >= 15 is 0 Å². The fourth-order valence-corrected chi connectivity index (χ4v) is 3.15. The molecule has 0 spiro atoms. The van der Waals surface area contributed by atoms with Crippen molar-refractivity contribution >= 4 is 11.8 Å². The summed E-state index contributed by atoms with van der Waals surface area (Å²) < 4.78 is 0. The molecule has 4 heteroatoms. The highest BCUT2D eigenvalue weighted by molar-refractivity contribution is 5.79. The molecule has 0 bridgehead atoms. The van der Waals surface area contributed by atoms with Crippen molar-refractivity contribution < 1.29 is 9.59 Å². The molecule has 0 radical (unpaired) electrons. The van der Waals surface area contributed by atoms with Crippen LogP contribution < -0.4 is 10.6 Å². The molecule has 2 aromatic rings. The summed E-state index contributed by atoms with van der Waals surface area (Å²) >= 11 is 0. The number of benzene rings is 2. The Morgan fingerprint density at radius 3 is 2.07 bits per heavy atom. The summed E-state index contributed by atoms with van der Waals surface area (Å²) in [6.45, 7) is 6.48. The molecule has 2 atom stereocenters. The van der Waals surface area contributed by atoms with Crippen molar-refractivity contribution in [1.82, 2.24) is 10.6 Å². The molecule has 27 heavy (non-hydrogen) atoms. The van der Waals surface area contributed by atoms with Gasteiger partial charge in [-0.15, -0.1) is 0 Å². The van der Waals surface area contributed by atoms with Gasteiger partial charge in [0.25, 0.3) is 0 Å². The molecular formula is C23H30N2O2. The van der Waals surface area contributed by atoms with Crippen LogP contribution in [0.5, 0.6) is 0 Å². The Kier molecular flexibility index (Phi) is 8.05. The van der Waals surface area contributed by atoms with E-state index in [1.807, 2.05) is 48.5 Å². The van der Waals surface area contributed by atoms with Gasteiger partial charge in [-0.1, -0.05) is 74.5 Å². The molecule has 2 amide bonds. The largest absolute Gasteiger partial charge is 0.356 e. The second-order valence-corrected chi connectivity index (χ2v) is 7.37. The minimum Gasteiger partial charge on any atom is -0.356 e. The van der Waals surface area contributed by atoms with Gasteiger partial charge in [0.1, 0.15) is 0 Å². The van der Waals surface area contributed by atoms with Crippen LogP contribution in [0.3, 0.4) is 0 Å². The Morgan fingerprint density at radius 1 is 0.926 bits per heavy atom. The fourth-order valence-electron chi connectivity index (χ4n) is 3.15. The Labute approximate surface area is 162 Å². The van der Waals surface area contributed by atoms with Crippen LogP contribution in [0.25, 0.3) is 0 Å². The van der Waals surface area contributed by atoms with Crippen LogP contribution >= 0.6 is 0 Å². The van der Waals surface area contributed by atoms with Crippen molar-refractivity contribution in [2.75, 3.05) is 6.54 Å². The molecule has 4 nitrogen and oxygen atoms in total. The molecule has 0 aliphatic rings. The van der Waals surface area contributed by atoms with Gasteiger partial charge in [0, 0.05) is 13.5 Å². The first-order valence-corrected chi connectivity index (χ1v) is 9.58. The van der Waals surface area contributed by atoms with E-state index in [-0.39, 0.29) is 24.3 Å². The zero-order valence-electron chi connectivity index (χ0n) is 16.4. The molecule has 0 fully saturated rings. The zero-order valence-corrected chi connectivity index (χ0v) is 16.4. The lowest BCUT2D eigenvalue weighted by molar-refractivity contribution is -0.123. The highest BCUT2D eigenvalue weighted by Crippen LogP contribution is 2.18. The molecule has 0 saturated heterocycles. The number of nitrogens with one attached hydrogen (secondary N) is 2. The van der Waals surface area contributed by atoms with Gasteiger partial charge in [-0.25, -0.2) is 0 Å². The number of hydrogen-bond donors (Lipinski definition) is 2. The lowest BCUT2D eigenvalue weighted by atomic mass is 9.89. The predicted molar refractivity (Wildman–Crippen MR) is 109 cm³/mol. The molecular weight excluding hydrogens is 336 g/mol. The lowest BCUT2D eigenvalue weighted by Crippen LogP contribution is -2.36. The summed E-state index contributed by atoms with van der Waals surface area (Å²) in [5, 5.41) is 5.95. The van der Waals surface area contributed by atoms with Gasteiger partial charge in [0.05, 0.1) is 12.5 Å². The van der Waals surface area contributed by atoms with Crippen LogP contribution in [0.2, 0.25) is 0 Å². The summed E-state index contributed by atoms with van der Waals surface area (Å²) in [6.07, 6.45) is 1.17. The van der Waals surface area contributed by atoms with E-state index in [2.05, 4.69) is 36.6 Å². The summed E-state index contributed by atoms with van der Waals surface area (Å²) in [5.74, 6) is 0.648. The van der Waals surface area contributed by atoms with Crippen LogP contribution in [-0.4, -0.2) is 18.4 Å². The summed E-state index contributed by atoms with van der Waals surface area (Å²) in [4.78, 5) is 24.1. The van der Waals surface area contributed by atoms with E-state index in [1.165, 1.54) is 12.5 Å². The van der Waals surface area contributed by atoms with Crippen LogP contribution in [-0.2, 0) is 16.0 Å². The maximum atomic E-state index is 12.5. The zero-order chi connectivity index (χ0) is 19.6. The van der Waals surface area contributed by atoms with Crippen LogP contribution in [0.1, 0.15) is 44.4 Å². The molecule has 0 aromatic heterocycles. The Bertz CT molecular complexity index is 714. The highest BCUT2D eigenvalue weighted by atomic mass is 16.2. The van der Waals surface area contributed by atoms with Crippen molar-refractivity contribution in [1.29, 1.82) is 0 Å². The van der Waals surface area contributed by atoms with Crippen molar-refractivity contribution in [3.05, 3.63) is 71.8 Å². The van der Waals surface area contributed by atoms with Crippen molar-refractivity contribution in [2.24, 2.45) is 11.8 Å². The van der Waals surface area contributed by atoms with Crippen molar-refractivity contribution in [3.63, 3.8) is 0 Å². The lowest BCUT2D eigenvalue weighted by Gasteiger charge is -2.23. The summed E-state index contributed by atoms with van der Waals surface area (Å²) in [5.41, 5.74) is 2.22. The number of amides is 2. The molecule has 0 aliphatic carbocycles. The predicted octanol–water partition coefficient (Wildman–Crippen LogP) is 3.89. The molecule has 2 N–H and O–H groups in total. The minimum atomic E-state index is -0.310. The van der Waals surface area contributed by atoms with Gasteiger partial charge in [0.2, 0.25) is 11.8 Å². The van der Waals surface area contributed by atoms with E-state index in [0.717, 1.165) is 12.0 Å². The Morgan fingerprint density at radius 2 is 1.52 bits per heavy atom. The topological polar surface area (TPSA) is 58.2 Å². The van der Waals surface area contributed by atoms with E-state index in [0.29, 0.717) is 18.4 Å². The average molecular weight is 367 g/mol. The van der Waals surface area contributed by atoms with Gasteiger partial charge in [-0.3, -0.25) is 9.59 Å². The first-order valence-electron chi connectivity index (χ1n) is 9.58. The smallest absolute Gasteiger partial charge is 0.222 e. The molecule has 2 rings (SSSR count). The second kappa shape index (κ2) is 10.5. The fraction of sp³-hybridized carbons (Fsp3) is 0.391. The minimum absolute atomic E-state index is 0.0451. The maximum absolute atomic E-state index is 12.5. The number of carbonyl (C=O) groups excluding carboxylic acids is 2. The Hall–Kier alpha value is -2.62. The van der Waals surface area contributed by atoms with Crippen LogP contribution in [0.15, 0.2) is 60.7 Å². The van der Waals surface area contributed by atoms with E-state index in [9.17, 15) is 9.59 Å². The van der Waals surface area contributed by atoms with Gasteiger partial charge in [-0.2, -0.15) is 0 Å². The van der Waals surface area contributed by atoms with E-state index in [4.69, 9.17) is 0 Å². The molecule has 0 heterocycles.